The maximum absolute atomic E-state index is 13.4. The monoisotopic (exact) mass is 491 g/mol. The minimum Gasteiger partial charge on any atom is -0.353 e. The molecule has 0 saturated heterocycles. The first-order valence-corrected chi connectivity index (χ1v) is 13.1. The Bertz CT molecular complexity index is 1370. The van der Waals surface area contributed by atoms with Gasteiger partial charge in [0.1, 0.15) is 0 Å². The molecule has 0 radical (unpaired) electrons. The Morgan fingerprint density at radius 1 is 0.865 bits per heavy atom. The molecular formula is C32H33N3O2. The summed E-state index contributed by atoms with van der Waals surface area (Å²) in [5.74, 6) is 0.0158. The van der Waals surface area contributed by atoms with E-state index in [0.717, 1.165) is 60.7 Å². The molecule has 0 bridgehead atoms. The Labute approximate surface area is 218 Å². The van der Waals surface area contributed by atoms with Crippen molar-refractivity contribution >= 4 is 28.4 Å². The maximum Gasteiger partial charge on any atom is 0.256 e. The fourth-order valence-electron chi connectivity index (χ4n) is 5.52. The molecule has 1 aliphatic rings. The summed E-state index contributed by atoms with van der Waals surface area (Å²) in [5.41, 5.74) is 4.17. The van der Waals surface area contributed by atoms with E-state index in [-0.39, 0.29) is 23.3 Å². The van der Waals surface area contributed by atoms with E-state index in [1.165, 1.54) is 5.56 Å². The van der Waals surface area contributed by atoms with E-state index < -0.39 is 0 Å². The van der Waals surface area contributed by atoms with E-state index in [9.17, 15) is 9.59 Å². The number of hydrogen-bond donors (Lipinski definition) is 2. The van der Waals surface area contributed by atoms with Crippen molar-refractivity contribution in [3.05, 3.63) is 108 Å². The van der Waals surface area contributed by atoms with Gasteiger partial charge in [0.2, 0.25) is 5.91 Å². The molecule has 2 amide bonds. The number of rotatable bonds is 8. The van der Waals surface area contributed by atoms with Gasteiger partial charge >= 0.3 is 0 Å². The number of aromatic nitrogens is 1. The first kappa shape index (κ1) is 24.7. The number of amides is 2. The third kappa shape index (κ3) is 5.72. The Morgan fingerprint density at radius 3 is 2.32 bits per heavy atom. The van der Waals surface area contributed by atoms with E-state index in [4.69, 9.17) is 0 Å². The molecule has 37 heavy (non-hydrogen) atoms. The summed E-state index contributed by atoms with van der Waals surface area (Å²) in [6, 6.07) is 27.6. The molecule has 1 saturated carbocycles. The van der Waals surface area contributed by atoms with Gasteiger partial charge in [0, 0.05) is 23.3 Å². The lowest BCUT2D eigenvalue weighted by Gasteiger charge is -2.30. The van der Waals surface area contributed by atoms with Crippen LogP contribution in [0.5, 0.6) is 0 Å². The number of hydrogen-bond acceptors (Lipinski definition) is 3. The average Bonchev–Trinajstić information content (AvgIpc) is 3.40. The van der Waals surface area contributed by atoms with Gasteiger partial charge in [-0.25, -0.2) is 0 Å². The Balaban J connectivity index is 1.19. The van der Waals surface area contributed by atoms with Gasteiger partial charge in [-0.3, -0.25) is 14.6 Å². The van der Waals surface area contributed by atoms with Crippen LogP contribution in [0.4, 0.5) is 5.69 Å². The zero-order valence-electron chi connectivity index (χ0n) is 21.2. The van der Waals surface area contributed by atoms with Gasteiger partial charge in [-0.15, -0.1) is 0 Å². The summed E-state index contributed by atoms with van der Waals surface area (Å²) in [5, 5.41) is 7.12. The molecule has 2 N–H and O–H groups in total. The van der Waals surface area contributed by atoms with Crippen LogP contribution in [0.1, 0.15) is 54.1 Å². The lowest BCUT2D eigenvalue weighted by molar-refractivity contribution is -0.131. The van der Waals surface area contributed by atoms with Crippen LogP contribution in [0.2, 0.25) is 0 Å². The fraction of sp³-hybridized carbons (Fsp3) is 0.281. The minimum absolute atomic E-state index is 0.0179. The van der Waals surface area contributed by atoms with E-state index in [2.05, 4.69) is 34.7 Å². The van der Waals surface area contributed by atoms with Gasteiger partial charge in [-0.2, -0.15) is 0 Å². The third-order valence-electron chi connectivity index (χ3n) is 7.45. The lowest BCUT2D eigenvalue weighted by Crippen LogP contribution is -2.45. The quantitative estimate of drug-likeness (QED) is 0.302. The van der Waals surface area contributed by atoms with E-state index in [1.807, 2.05) is 66.7 Å². The number of nitrogens with zero attached hydrogens (tertiary/aromatic N) is 1. The van der Waals surface area contributed by atoms with Crippen LogP contribution in [0.25, 0.3) is 10.9 Å². The van der Waals surface area contributed by atoms with Gasteiger partial charge in [0.05, 0.1) is 16.5 Å². The van der Waals surface area contributed by atoms with Crippen molar-refractivity contribution in [2.24, 2.45) is 5.41 Å². The largest absolute Gasteiger partial charge is 0.353 e. The molecule has 5 nitrogen and oxygen atoms in total. The number of benzene rings is 3. The number of fused-ring (bicyclic) bond motifs is 1. The fourth-order valence-corrected chi connectivity index (χ4v) is 5.52. The second kappa shape index (κ2) is 11.0. The maximum atomic E-state index is 13.4. The molecule has 5 rings (SSSR count). The van der Waals surface area contributed by atoms with E-state index >= 15 is 0 Å². The molecule has 0 spiro atoms. The predicted octanol–water partition coefficient (Wildman–Crippen LogP) is 6.34. The number of carbonyl (C=O) groups is 2. The van der Waals surface area contributed by atoms with Crippen molar-refractivity contribution in [1.29, 1.82) is 0 Å². The molecule has 4 aromatic rings. The highest BCUT2D eigenvalue weighted by Crippen LogP contribution is 2.41. The molecular weight excluding hydrogens is 458 g/mol. The van der Waals surface area contributed by atoms with Gasteiger partial charge in [0.15, 0.2) is 0 Å². The highest BCUT2D eigenvalue weighted by molar-refractivity contribution is 6.12. The summed E-state index contributed by atoms with van der Waals surface area (Å²) in [7, 11) is 0. The second-order valence-electron chi connectivity index (χ2n) is 10.3. The molecule has 1 aliphatic carbocycles. The topological polar surface area (TPSA) is 71.1 Å². The summed E-state index contributed by atoms with van der Waals surface area (Å²) < 4.78 is 0. The van der Waals surface area contributed by atoms with Crippen LogP contribution in [-0.4, -0.2) is 22.8 Å². The summed E-state index contributed by atoms with van der Waals surface area (Å²) >= 11 is 0. The zero-order valence-corrected chi connectivity index (χ0v) is 21.2. The van der Waals surface area contributed by atoms with Crippen molar-refractivity contribution in [3.63, 3.8) is 0 Å². The van der Waals surface area contributed by atoms with Crippen molar-refractivity contribution in [1.82, 2.24) is 10.3 Å². The average molecular weight is 492 g/mol. The standard InChI is InChI=1S/C32H33N3O2/c1-23(34-31(37)32(18-7-8-19-32)22-25-9-3-2-4-10-25)21-24-13-15-26(16-14-24)35-30(36)28-17-20-33-29-12-6-5-11-27(28)29/h2-6,9-17,20,23H,7-8,18-19,21-22H2,1H3,(H,34,37)(H,35,36). The molecule has 3 aromatic carbocycles. The van der Waals surface area contributed by atoms with Crippen molar-refractivity contribution in [3.8, 4) is 0 Å². The smallest absolute Gasteiger partial charge is 0.256 e. The molecule has 1 atom stereocenters. The first-order valence-electron chi connectivity index (χ1n) is 13.1. The Kier molecular flexibility index (Phi) is 7.31. The predicted molar refractivity (Wildman–Crippen MR) is 148 cm³/mol. The zero-order chi connectivity index (χ0) is 25.7. The van der Waals surface area contributed by atoms with Gasteiger partial charge in [-0.1, -0.05) is 73.5 Å². The first-order chi connectivity index (χ1) is 18.0. The Morgan fingerprint density at radius 2 is 1.57 bits per heavy atom. The van der Waals surface area contributed by atoms with Crippen LogP contribution in [0.15, 0.2) is 91.1 Å². The number of pyridine rings is 1. The van der Waals surface area contributed by atoms with E-state index in [1.54, 1.807) is 12.3 Å². The summed E-state index contributed by atoms with van der Waals surface area (Å²) in [6.45, 7) is 2.06. The molecule has 1 fully saturated rings. The summed E-state index contributed by atoms with van der Waals surface area (Å²) in [4.78, 5) is 30.7. The second-order valence-corrected chi connectivity index (χ2v) is 10.3. The number of anilines is 1. The molecule has 1 unspecified atom stereocenters. The molecule has 1 heterocycles. The molecule has 0 aliphatic heterocycles. The van der Waals surface area contributed by atoms with Gasteiger partial charge < -0.3 is 10.6 Å². The van der Waals surface area contributed by atoms with Crippen LogP contribution < -0.4 is 10.6 Å². The third-order valence-corrected chi connectivity index (χ3v) is 7.45. The number of carbonyl (C=O) groups excluding carboxylic acids is 2. The van der Waals surface area contributed by atoms with Crippen LogP contribution in [0, 0.1) is 5.41 Å². The van der Waals surface area contributed by atoms with Crippen LogP contribution in [-0.2, 0) is 17.6 Å². The van der Waals surface area contributed by atoms with E-state index in [0.29, 0.717) is 5.56 Å². The highest BCUT2D eigenvalue weighted by atomic mass is 16.2. The van der Waals surface area contributed by atoms with Gasteiger partial charge in [-0.05, 0) is 68.0 Å². The van der Waals surface area contributed by atoms with Crippen molar-refractivity contribution in [2.75, 3.05) is 5.32 Å². The molecule has 5 heteroatoms. The summed E-state index contributed by atoms with van der Waals surface area (Å²) in [6.07, 6.45) is 7.30. The minimum atomic E-state index is -0.305. The molecule has 188 valence electrons. The van der Waals surface area contributed by atoms with Gasteiger partial charge in [0.25, 0.3) is 5.91 Å². The molecule has 1 aromatic heterocycles. The highest BCUT2D eigenvalue weighted by Gasteiger charge is 2.41. The normalized spacial score (nSPS) is 15.3. The number of nitrogens with one attached hydrogen (secondary N) is 2. The van der Waals surface area contributed by atoms with Crippen molar-refractivity contribution < 1.29 is 9.59 Å². The lowest BCUT2D eigenvalue weighted by atomic mass is 9.79. The van der Waals surface area contributed by atoms with Crippen molar-refractivity contribution in [2.45, 2.75) is 51.5 Å². The Hall–Kier alpha value is -3.99. The van der Waals surface area contributed by atoms with Crippen LogP contribution in [0.3, 0.4) is 0 Å². The SMILES string of the molecule is CC(Cc1ccc(NC(=O)c2ccnc3ccccc23)cc1)NC(=O)C1(Cc2ccccc2)CCCC1. The van der Waals surface area contributed by atoms with Crippen LogP contribution >= 0.6 is 0 Å². The number of para-hydroxylation sites is 1.